The maximum atomic E-state index is 9.00. The van der Waals surface area contributed by atoms with Crippen LogP contribution in [0.2, 0.25) is 5.02 Å². The molecule has 3 nitrogen and oxygen atoms in total. The first kappa shape index (κ1) is 10.8. The Balaban J connectivity index is 0.000000261. The molecule has 0 spiro atoms. The van der Waals surface area contributed by atoms with Gasteiger partial charge in [0.1, 0.15) is 0 Å². The van der Waals surface area contributed by atoms with Crippen LogP contribution >= 0.6 is 11.6 Å². The van der Waals surface area contributed by atoms with Gasteiger partial charge in [-0.05, 0) is 12.1 Å². The molecule has 0 bridgehead atoms. The molecule has 3 N–H and O–H groups in total. The normalized spacial score (nSPS) is 8.17. The Morgan fingerprint density at radius 1 is 1.50 bits per heavy atom. The fourth-order valence-electron chi connectivity index (χ4n) is 0.475. The summed E-state index contributed by atoms with van der Waals surface area (Å²) in [6.07, 6.45) is 0. The number of halogens is 1. The zero-order valence-electron chi connectivity index (χ0n) is 6.62. The molecule has 0 atom stereocenters. The van der Waals surface area contributed by atoms with Crippen LogP contribution in [-0.4, -0.2) is 11.1 Å². The van der Waals surface area contributed by atoms with E-state index in [-0.39, 0.29) is 0 Å². The predicted molar refractivity (Wildman–Crippen MR) is 49.2 cm³/mol. The number of carboxylic acid groups (broad SMARTS) is 1. The molecule has 0 fully saturated rings. The molecule has 66 valence electrons. The fourth-order valence-corrected chi connectivity index (χ4v) is 0.611. The van der Waals surface area contributed by atoms with Gasteiger partial charge in [0.05, 0.1) is 10.7 Å². The summed E-state index contributed by atoms with van der Waals surface area (Å²) in [6.45, 7) is 1.08. The second-order valence-corrected chi connectivity index (χ2v) is 2.45. The van der Waals surface area contributed by atoms with Crippen LogP contribution in [0.15, 0.2) is 24.3 Å². The first-order chi connectivity index (χ1) is 5.54. The number of rotatable bonds is 0. The van der Waals surface area contributed by atoms with Crippen LogP contribution in [0.3, 0.4) is 0 Å². The Morgan fingerprint density at radius 2 is 1.92 bits per heavy atom. The third-order valence-corrected chi connectivity index (χ3v) is 1.25. The minimum atomic E-state index is -0.833. The van der Waals surface area contributed by atoms with E-state index in [4.69, 9.17) is 27.2 Å². The molecule has 0 amide bonds. The van der Waals surface area contributed by atoms with E-state index in [0.29, 0.717) is 10.7 Å². The van der Waals surface area contributed by atoms with Crippen molar-refractivity contribution in [3.8, 4) is 0 Å². The smallest absolute Gasteiger partial charge is 0.300 e. The van der Waals surface area contributed by atoms with Gasteiger partial charge in [-0.15, -0.1) is 0 Å². The van der Waals surface area contributed by atoms with Gasteiger partial charge in [0.25, 0.3) is 5.97 Å². The Labute approximate surface area is 75.8 Å². The Kier molecular flexibility index (Phi) is 4.88. The summed E-state index contributed by atoms with van der Waals surface area (Å²) in [4.78, 5) is 9.00. The summed E-state index contributed by atoms with van der Waals surface area (Å²) in [7, 11) is 0. The molecule has 0 aromatic heterocycles. The highest BCUT2D eigenvalue weighted by molar-refractivity contribution is 6.33. The van der Waals surface area contributed by atoms with Gasteiger partial charge in [0, 0.05) is 6.92 Å². The molecule has 0 aliphatic carbocycles. The molecule has 0 unspecified atom stereocenters. The average molecular weight is 188 g/mol. The van der Waals surface area contributed by atoms with E-state index in [0.717, 1.165) is 6.92 Å². The van der Waals surface area contributed by atoms with E-state index in [1.165, 1.54) is 0 Å². The number of benzene rings is 1. The summed E-state index contributed by atoms with van der Waals surface area (Å²) >= 11 is 5.58. The van der Waals surface area contributed by atoms with Crippen molar-refractivity contribution in [3.63, 3.8) is 0 Å². The molecular weight excluding hydrogens is 178 g/mol. The predicted octanol–water partition coefficient (Wildman–Crippen LogP) is 2.01. The van der Waals surface area contributed by atoms with Crippen LogP contribution in [0.25, 0.3) is 0 Å². The number of nitrogens with two attached hydrogens (primary N) is 1. The van der Waals surface area contributed by atoms with E-state index >= 15 is 0 Å². The minimum Gasteiger partial charge on any atom is -0.481 e. The lowest BCUT2D eigenvalue weighted by molar-refractivity contribution is -0.134. The second-order valence-electron chi connectivity index (χ2n) is 2.04. The van der Waals surface area contributed by atoms with Crippen molar-refractivity contribution in [2.24, 2.45) is 0 Å². The number of carboxylic acids is 1. The molecule has 1 aromatic rings. The molecule has 1 aromatic carbocycles. The largest absolute Gasteiger partial charge is 0.481 e. The molecule has 0 radical (unpaired) electrons. The highest BCUT2D eigenvalue weighted by Crippen LogP contribution is 2.15. The quantitative estimate of drug-likeness (QED) is 0.611. The number of hydrogen-bond acceptors (Lipinski definition) is 2. The van der Waals surface area contributed by atoms with Crippen molar-refractivity contribution in [1.29, 1.82) is 0 Å². The summed E-state index contributed by atoms with van der Waals surface area (Å²) in [5.74, 6) is -0.833. The van der Waals surface area contributed by atoms with E-state index in [9.17, 15) is 0 Å². The Bertz CT molecular complexity index is 238. The maximum absolute atomic E-state index is 9.00. The molecule has 0 aliphatic heterocycles. The van der Waals surface area contributed by atoms with Crippen molar-refractivity contribution in [1.82, 2.24) is 0 Å². The van der Waals surface area contributed by atoms with Crippen LogP contribution in [0.4, 0.5) is 5.69 Å². The van der Waals surface area contributed by atoms with Crippen molar-refractivity contribution in [3.05, 3.63) is 29.3 Å². The first-order valence-corrected chi connectivity index (χ1v) is 3.61. The number of nitrogen functional groups attached to an aromatic ring is 1. The summed E-state index contributed by atoms with van der Waals surface area (Å²) in [5, 5.41) is 8.03. The van der Waals surface area contributed by atoms with Gasteiger partial charge >= 0.3 is 0 Å². The highest BCUT2D eigenvalue weighted by Gasteiger charge is 1.87. The SMILES string of the molecule is CC(=O)O.Nc1ccccc1Cl. The Hall–Kier alpha value is -1.22. The third kappa shape index (κ3) is 5.56. The minimum absolute atomic E-state index is 0.618. The number of para-hydroxylation sites is 1. The van der Waals surface area contributed by atoms with Crippen LogP contribution in [-0.2, 0) is 4.79 Å². The standard InChI is InChI=1S/C6H6ClN.C2H4O2/c7-5-3-1-2-4-6(5)8;1-2(3)4/h1-4H,8H2;1H3,(H,3,4). The highest BCUT2D eigenvalue weighted by atomic mass is 35.5. The molecule has 0 saturated carbocycles. The lowest BCUT2D eigenvalue weighted by atomic mass is 10.3. The fraction of sp³-hybridized carbons (Fsp3) is 0.125. The Morgan fingerprint density at radius 3 is 2.17 bits per heavy atom. The van der Waals surface area contributed by atoms with Gasteiger partial charge in [0.15, 0.2) is 0 Å². The number of anilines is 1. The van der Waals surface area contributed by atoms with Crippen LogP contribution in [0.5, 0.6) is 0 Å². The topological polar surface area (TPSA) is 63.3 Å². The first-order valence-electron chi connectivity index (χ1n) is 3.23. The van der Waals surface area contributed by atoms with E-state index < -0.39 is 5.97 Å². The number of aliphatic carboxylic acids is 1. The van der Waals surface area contributed by atoms with Crippen molar-refractivity contribution < 1.29 is 9.90 Å². The van der Waals surface area contributed by atoms with E-state index in [1.807, 2.05) is 12.1 Å². The number of hydrogen-bond donors (Lipinski definition) is 2. The van der Waals surface area contributed by atoms with E-state index in [2.05, 4.69) is 0 Å². The van der Waals surface area contributed by atoms with Gasteiger partial charge in [0.2, 0.25) is 0 Å². The summed E-state index contributed by atoms with van der Waals surface area (Å²) < 4.78 is 0. The molecular formula is C8H10ClNO2. The maximum Gasteiger partial charge on any atom is 0.300 e. The van der Waals surface area contributed by atoms with E-state index in [1.54, 1.807) is 12.1 Å². The molecule has 1 rings (SSSR count). The van der Waals surface area contributed by atoms with Crippen LogP contribution < -0.4 is 5.73 Å². The van der Waals surface area contributed by atoms with Crippen molar-refractivity contribution in [2.75, 3.05) is 5.73 Å². The monoisotopic (exact) mass is 187 g/mol. The van der Waals surface area contributed by atoms with Gasteiger partial charge in [-0.2, -0.15) is 0 Å². The zero-order chi connectivity index (χ0) is 9.56. The van der Waals surface area contributed by atoms with Crippen molar-refractivity contribution in [2.45, 2.75) is 6.92 Å². The molecule has 0 aliphatic rings. The van der Waals surface area contributed by atoms with Gasteiger partial charge in [-0.3, -0.25) is 4.79 Å². The van der Waals surface area contributed by atoms with Gasteiger partial charge in [-0.1, -0.05) is 23.7 Å². The van der Waals surface area contributed by atoms with Gasteiger partial charge < -0.3 is 10.8 Å². The average Bonchev–Trinajstić information content (AvgIpc) is 1.94. The molecule has 0 saturated heterocycles. The van der Waals surface area contributed by atoms with Crippen LogP contribution in [0.1, 0.15) is 6.92 Å². The lowest BCUT2D eigenvalue weighted by Crippen LogP contribution is -1.82. The zero-order valence-corrected chi connectivity index (χ0v) is 7.38. The summed E-state index contributed by atoms with van der Waals surface area (Å²) in [6, 6.07) is 7.22. The lowest BCUT2D eigenvalue weighted by Gasteiger charge is -1.91. The molecule has 4 heteroatoms. The number of carbonyl (C=O) groups is 1. The van der Waals surface area contributed by atoms with Crippen LogP contribution in [0, 0.1) is 0 Å². The molecule has 0 heterocycles. The summed E-state index contributed by atoms with van der Waals surface area (Å²) in [5.41, 5.74) is 6.02. The van der Waals surface area contributed by atoms with Crippen molar-refractivity contribution >= 4 is 23.3 Å². The van der Waals surface area contributed by atoms with Gasteiger partial charge in [-0.25, -0.2) is 0 Å². The molecule has 12 heavy (non-hydrogen) atoms. The third-order valence-electron chi connectivity index (χ3n) is 0.905. The second kappa shape index (κ2) is 5.43.